The lowest BCUT2D eigenvalue weighted by Gasteiger charge is -2.12. The minimum Gasteiger partial charge on any atom is -0.494 e. The van der Waals surface area contributed by atoms with E-state index < -0.39 is 41.8 Å². The fourth-order valence-corrected chi connectivity index (χ4v) is 10.1. The van der Waals surface area contributed by atoms with Crippen molar-refractivity contribution in [3.05, 3.63) is 302 Å². The summed E-state index contributed by atoms with van der Waals surface area (Å²) in [5.74, 6) is 0.371. The fraction of sp³-hybridized carbons (Fsp3) is 0.232. The molecule has 0 spiro atoms. The molecule has 0 radical (unpaired) electrons. The molecule has 0 heterocycles. The molecule has 0 aliphatic heterocycles. The number of hydrogen-bond acceptors (Lipinski definition) is 24. The Morgan fingerprint density at radius 3 is 0.983 bits per heavy atom. The number of unbranched alkanes of at least 4 members (excludes halogenated alkanes) is 3. The number of carbonyl (C=O) groups is 8. The first-order valence-electron chi connectivity index (χ1n) is 34.3. The average molecular weight is 1630 g/mol. The Balaban J connectivity index is 0.00000176. The molecular formula is C95H109NO23. The van der Waals surface area contributed by atoms with E-state index in [1.54, 1.807) is 122 Å². The molecule has 9 aromatic rings. The number of benzene rings is 9. The Labute approximate surface area is 699 Å². The zero-order valence-electron chi connectivity index (χ0n) is 60.7. The van der Waals surface area contributed by atoms with E-state index in [0.29, 0.717) is 92.8 Å². The van der Waals surface area contributed by atoms with Crippen molar-refractivity contribution in [2.45, 2.75) is 105 Å². The van der Waals surface area contributed by atoms with E-state index in [1.165, 1.54) is 18.2 Å². The van der Waals surface area contributed by atoms with Crippen molar-refractivity contribution >= 4 is 47.8 Å². The summed E-state index contributed by atoms with van der Waals surface area (Å²) in [6, 6.07) is 58.9. The lowest BCUT2D eigenvalue weighted by Crippen LogP contribution is -2.10. The number of nitrogens with zero attached hydrogens (tertiary/aromatic N) is 1. The number of ether oxygens (including phenoxy) is 15. The predicted octanol–water partition coefficient (Wildman–Crippen LogP) is 21.1. The second-order valence-electron chi connectivity index (χ2n) is 23.3. The van der Waals surface area contributed by atoms with Gasteiger partial charge in [-0.15, -0.1) is 0 Å². The molecule has 0 unspecified atom stereocenters. The van der Waals surface area contributed by atoms with Gasteiger partial charge >= 0.3 is 47.8 Å². The van der Waals surface area contributed by atoms with Crippen LogP contribution in [0.25, 0.3) is 22.3 Å². The van der Waals surface area contributed by atoms with Gasteiger partial charge in [0.15, 0.2) is 0 Å². The number of esters is 8. The molecular weight excluding hydrogens is 1520 g/mol. The van der Waals surface area contributed by atoms with E-state index in [9.17, 15) is 38.4 Å². The Morgan fingerprint density at radius 2 is 0.622 bits per heavy atom. The molecule has 1 aliphatic carbocycles. The number of carbonyl (C=O) groups excluding carboxylic acids is 8. The van der Waals surface area contributed by atoms with Crippen LogP contribution in [0.15, 0.2) is 263 Å². The smallest absolute Gasteiger partial charge is 0.343 e. The van der Waals surface area contributed by atoms with Crippen LogP contribution in [-0.2, 0) is 47.7 Å². The van der Waals surface area contributed by atoms with E-state index in [4.69, 9.17) is 76.3 Å². The third-order valence-electron chi connectivity index (χ3n) is 15.9. The fourth-order valence-electron chi connectivity index (χ4n) is 10.1. The highest BCUT2D eigenvalue weighted by Gasteiger charge is 2.28. The van der Waals surface area contributed by atoms with Crippen molar-refractivity contribution in [3.63, 3.8) is 0 Å². The van der Waals surface area contributed by atoms with Crippen LogP contribution >= 0.6 is 0 Å². The van der Waals surface area contributed by atoms with E-state index in [0.717, 1.165) is 89.1 Å². The van der Waals surface area contributed by atoms with Gasteiger partial charge in [-0.3, -0.25) is 0 Å². The monoisotopic (exact) mass is 1630 g/mol. The van der Waals surface area contributed by atoms with Gasteiger partial charge in [-0.25, -0.2) is 38.4 Å². The molecule has 0 saturated heterocycles. The first-order chi connectivity index (χ1) is 53.8. The lowest BCUT2D eigenvalue weighted by molar-refractivity contribution is -0.145. The molecule has 24 nitrogen and oxygen atoms in total. The second kappa shape index (κ2) is 55.1. The van der Waals surface area contributed by atoms with Gasteiger partial charge in [0.1, 0.15) is 57.5 Å². The Kier molecular flexibility index (Phi) is 48.4. The summed E-state index contributed by atoms with van der Waals surface area (Å²) >= 11 is 0. The van der Waals surface area contributed by atoms with Crippen LogP contribution < -0.4 is 47.4 Å². The largest absolute Gasteiger partial charge is 0.494 e. The van der Waals surface area contributed by atoms with Crippen LogP contribution in [-0.4, -0.2) is 94.9 Å². The van der Waals surface area contributed by atoms with Crippen LogP contribution in [0.1, 0.15) is 151 Å². The summed E-state index contributed by atoms with van der Waals surface area (Å²) in [6.45, 7) is 20.4. The Bertz CT molecular complexity index is 4640. The highest BCUT2D eigenvalue weighted by atomic mass is 16.7. The Hall–Kier alpha value is -14.5. The zero-order valence-corrected chi connectivity index (χ0v) is 60.7. The van der Waals surface area contributed by atoms with Crippen molar-refractivity contribution in [3.8, 4) is 85.8 Å². The maximum Gasteiger partial charge on any atom is 0.343 e. The van der Waals surface area contributed by atoms with Crippen LogP contribution in [0.4, 0.5) is 0 Å². The van der Waals surface area contributed by atoms with Gasteiger partial charge in [-0.1, -0.05) is 136 Å². The molecule has 24 heteroatoms. The van der Waals surface area contributed by atoms with Crippen molar-refractivity contribution < 1.29 is 109 Å². The first-order valence-corrected chi connectivity index (χ1v) is 34.3. The minimum atomic E-state index is -0.603. The average Bonchev–Trinajstić information content (AvgIpc) is 1.61. The Morgan fingerprint density at radius 1 is 0.328 bits per heavy atom. The van der Waals surface area contributed by atoms with E-state index in [2.05, 4.69) is 39.0 Å². The summed E-state index contributed by atoms with van der Waals surface area (Å²) in [7, 11) is 0. The topological polar surface area (TPSA) is 299 Å². The zero-order chi connectivity index (χ0) is 79.3. The van der Waals surface area contributed by atoms with Gasteiger partial charge in [-0.05, 0) is 235 Å². The van der Waals surface area contributed by atoms with Gasteiger partial charge in [0.05, 0.1) is 41.5 Å². The molecule has 0 bridgehead atoms. The quantitative estimate of drug-likeness (QED) is 0.00880. The van der Waals surface area contributed by atoms with Gasteiger partial charge in [0, 0.05) is 36.3 Å². The SMILES string of the molecule is C.C.C.C.C.C.C.C.C=CC(=O)OCCCCCCOc1ccc(-c2ccc(C#N)cc2)cc1.C=CC(=O)OCOc1ccc(C(=O)Oc2ccc3c(c2)C(C)c2cc(OC(=O)c4ccc(OCOC(=O)C=C)cc4)ccc2-3)cc1.C=CC(=O)OCOc1ccc(OCOc2ccc(OC(=O)c3ccc(OCOC(=O)C=C)cc3)c(C)c2)cc1. The molecule has 10 rings (SSSR count). The molecule has 0 amide bonds. The predicted molar refractivity (Wildman–Crippen MR) is 460 cm³/mol. The van der Waals surface area contributed by atoms with Crippen LogP contribution in [0.3, 0.4) is 0 Å². The van der Waals surface area contributed by atoms with E-state index in [1.807, 2.05) is 79.7 Å². The summed E-state index contributed by atoms with van der Waals surface area (Å²) in [4.78, 5) is 93.3. The molecule has 0 aromatic heterocycles. The molecule has 632 valence electrons. The van der Waals surface area contributed by atoms with E-state index >= 15 is 0 Å². The third kappa shape index (κ3) is 33.9. The van der Waals surface area contributed by atoms with Gasteiger partial charge in [0.2, 0.25) is 34.0 Å². The first kappa shape index (κ1) is 105. The second-order valence-corrected chi connectivity index (χ2v) is 23.3. The normalized spacial score (nSPS) is 9.82. The molecule has 0 fully saturated rings. The molecule has 9 aromatic carbocycles. The van der Waals surface area contributed by atoms with Crippen molar-refractivity contribution in [2.75, 3.05) is 47.2 Å². The van der Waals surface area contributed by atoms with Crippen LogP contribution in [0, 0.1) is 18.3 Å². The van der Waals surface area contributed by atoms with Gasteiger partial charge in [0.25, 0.3) is 0 Å². The molecule has 0 atom stereocenters. The van der Waals surface area contributed by atoms with Crippen molar-refractivity contribution in [1.82, 2.24) is 0 Å². The highest BCUT2D eigenvalue weighted by molar-refractivity contribution is 5.93. The molecule has 0 N–H and O–H groups in total. The molecule has 0 saturated carbocycles. The summed E-state index contributed by atoms with van der Waals surface area (Å²) in [6.07, 6.45) is 9.20. The molecule has 119 heavy (non-hydrogen) atoms. The lowest BCUT2D eigenvalue weighted by atomic mass is 9.99. The summed E-state index contributed by atoms with van der Waals surface area (Å²) in [5, 5.41) is 8.84. The van der Waals surface area contributed by atoms with Gasteiger partial charge < -0.3 is 71.1 Å². The number of aryl methyl sites for hydroxylation is 1. The maximum absolute atomic E-state index is 12.8. The third-order valence-corrected chi connectivity index (χ3v) is 15.9. The van der Waals surface area contributed by atoms with E-state index in [-0.39, 0.29) is 105 Å². The summed E-state index contributed by atoms with van der Waals surface area (Å²) in [5.41, 5.74) is 8.38. The van der Waals surface area contributed by atoms with Crippen LogP contribution in [0.5, 0.6) is 57.5 Å². The van der Waals surface area contributed by atoms with Gasteiger partial charge in [-0.2, -0.15) is 5.26 Å². The number of hydrogen-bond donors (Lipinski definition) is 0. The van der Waals surface area contributed by atoms with Crippen molar-refractivity contribution in [2.24, 2.45) is 0 Å². The minimum absolute atomic E-state index is 0. The highest BCUT2D eigenvalue weighted by Crippen LogP contribution is 2.47. The number of fused-ring (bicyclic) bond motifs is 3. The van der Waals surface area contributed by atoms with Crippen molar-refractivity contribution in [1.29, 1.82) is 5.26 Å². The van der Waals surface area contributed by atoms with Crippen LogP contribution in [0.2, 0.25) is 0 Å². The number of rotatable bonds is 36. The standard InChI is InChI=1S/C36H28O10.C29H26O10.C22H23NO3.8CH4/c1-4-33(37)43-20-41-25-10-6-23(7-11-25)35(39)45-27-14-16-29-30-17-15-28(19-32(30)22(3)31(29)18-27)46-36(40)24-8-12-26(13-9-24)42-21-44-34(38)5-2;1-4-27(30)37-18-34-22-8-6-21(7-9-22)29(32)39-26-15-14-25(16-20(26)3)36-17-33-23-10-12-24(13-11-23)35-19-38-28(31)5-2;1-2-22(24)26-16-6-4-3-5-15-25-21-13-11-20(12-14-21)19-9-7-18(17-23)8-10-19;;;;;;;;/h4-19,22H,1-2,20-21H2,3H3;4-16H,1-2,17-19H2,3H3;2,7-14H,1,3-6,15-16H2;8*1H4. The maximum atomic E-state index is 12.8. The number of nitriles is 1. The summed E-state index contributed by atoms with van der Waals surface area (Å²) < 4.78 is 78.9. The molecule has 1 aliphatic rings.